The summed E-state index contributed by atoms with van der Waals surface area (Å²) in [5.74, 6) is 0. The van der Waals surface area contributed by atoms with Crippen molar-refractivity contribution < 1.29 is 26.6 Å². The van der Waals surface area contributed by atoms with E-state index in [0.29, 0.717) is 0 Å². The topological polar surface area (TPSA) is 78.9 Å². The Bertz CT molecular complexity index is 341. The molecule has 1 rings (SSSR count). The molecule has 0 atom stereocenters. The largest absolute Gasteiger partial charge is 0.345 e. The minimum absolute atomic E-state index is 0.0253. The van der Waals surface area contributed by atoms with Crippen LogP contribution in [-0.2, 0) is 26.6 Å². The molecule has 0 unspecified atom stereocenters. The fraction of sp³-hybridized carbons (Fsp3) is 0.667. The zero-order chi connectivity index (χ0) is 13.9. The first-order chi connectivity index (χ1) is 8.30. The zero-order valence-corrected chi connectivity index (χ0v) is 12.4. The maximum absolute atomic E-state index is 12.2. The molecule has 1 heterocycles. The van der Waals surface area contributed by atoms with Crippen LogP contribution in [0, 0.1) is 20.8 Å². The zero-order valence-electron chi connectivity index (χ0n) is 9.77. The maximum Gasteiger partial charge on any atom is 0.345 e. The van der Waals surface area contributed by atoms with E-state index in [9.17, 15) is 13.7 Å². The van der Waals surface area contributed by atoms with Crippen molar-refractivity contribution in [3.8, 4) is 0 Å². The minimum atomic E-state index is -3.80. The number of hydrogen-bond donors (Lipinski definition) is 0. The highest BCUT2D eigenvalue weighted by atomic mass is 31.3. The first-order valence-electron chi connectivity index (χ1n) is 5.32. The third kappa shape index (κ3) is 4.30. The summed E-state index contributed by atoms with van der Waals surface area (Å²) in [6.45, 7) is 15.8. The van der Waals surface area contributed by atoms with Crippen LogP contribution in [0.1, 0.15) is 19.3 Å². The Labute approximate surface area is 108 Å². The molecule has 0 spiro atoms. The van der Waals surface area contributed by atoms with Gasteiger partial charge >= 0.3 is 22.8 Å². The van der Waals surface area contributed by atoms with Crippen molar-refractivity contribution in [3.05, 3.63) is 20.8 Å². The summed E-state index contributed by atoms with van der Waals surface area (Å²) < 4.78 is 51.2. The summed E-state index contributed by atoms with van der Waals surface area (Å²) in [5.41, 5.74) is 0. The molecule has 0 aromatic carbocycles. The van der Waals surface area contributed by atoms with E-state index in [2.05, 4.69) is 0 Å². The molecule has 1 aliphatic heterocycles. The lowest BCUT2D eigenvalue weighted by atomic mass is 10.6. The van der Waals surface area contributed by atoms with Crippen molar-refractivity contribution in [2.24, 2.45) is 0 Å². The molecule has 9 heteroatoms. The van der Waals surface area contributed by atoms with Crippen molar-refractivity contribution in [3.63, 3.8) is 0 Å². The van der Waals surface area contributed by atoms with Gasteiger partial charge in [0.1, 0.15) is 0 Å². The molecular weight excluding hydrogens is 297 g/mol. The Morgan fingerprint density at radius 2 is 0.833 bits per heavy atom. The van der Waals surface area contributed by atoms with Gasteiger partial charge in [-0.1, -0.05) is 0 Å². The van der Waals surface area contributed by atoms with Crippen LogP contribution in [0.5, 0.6) is 0 Å². The normalized spacial score (nSPS) is 40.8. The van der Waals surface area contributed by atoms with Gasteiger partial charge in [-0.05, 0) is 40.0 Å². The fourth-order valence-corrected chi connectivity index (χ4v) is 9.95. The second kappa shape index (κ2) is 6.35. The van der Waals surface area contributed by atoms with Gasteiger partial charge in [-0.2, -0.15) is 0 Å². The van der Waals surface area contributed by atoms with E-state index in [1.807, 2.05) is 0 Å². The summed E-state index contributed by atoms with van der Waals surface area (Å²) in [4.78, 5) is 0. The highest BCUT2D eigenvalue weighted by molar-refractivity contribution is 7.80. The van der Waals surface area contributed by atoms with E-state index in [1.54, 1.807) is 0 Å². The summed E-state index contributed by atoms with van der Waals surface area (Å²) in [7, 11) is -11.4. The van der Waals surface area contributed by atoms with E-state index < -0.39 is 22.8 Å². The Balaban J connectivity index is 3.03. The molecule has 1 aliphatic rings. The van der Waals surface area contributed by atoms with Gasteiger partial charge in [0.2, 0.25) is 0 Å². The minimum Gasteiger partial charge on any atom is -0.259 e. The Morgan fingerprint density at radius 3 is 1.00 bits per heavy atom. The van der Waals surface area contributed by atoms with Crippen LogP contribution in [0.25, 0.3) is 0 Å². The molecule has 0 aliphatic carbocycles. The first-order valence-corrected chi connectivity index (χ1v) is 10.5. The molecule has 0 bridgehead atoms. The van der Waals surface area contributed by atoms with Gasteiger partial charge in [-0.25, -0.2) is 12.9 Å². The van der Waals surface area contributed by atoms with Crippen LogP contribution < -0.4 is 0 Å². The molecular formula is C9H15O6P3. The molecule has 0 saturated carbocycles. The average Bonchev–Trinajstić information content (AvgIpc) is 2.14. The van der Waals surface area contributed by atoms with E-state index in [-0.39, 0.29) is 37.7 Å². The van der Waals surface area contributed by atoms with E-state index in [0.717, 1.165) is 0 Å². The fourth-order valence-electron chi connectivity index (χ4n) is 1.33. The lowest BCUT2D eigenvalue weighted by molar-refractivity contribution is 0.277. The standard InChI is InChI=1S/C9H15O6P3/c1-4-7-16(10)13-17(11,8-5-2)15-18(12,14-16)9-6-3/h1-3H,4-9H2. The number of rotatable bonds is 6. The van der Waals surface area contributed by atoms with Crippen LogP contribution in [-0.4, -0.2) is 18.5 Å². The predicted octanol–water partition coefficient (Wildman–Crippen LogP) is 3.93. The highest BCUT2D eigenvalue weighted by Gasteiger charge is 2.51. The number of hydrogen-bond acceptors (Lipinski definition) is 6. The van der Waals surface area contributed by atoms with Gasteiger partial charge in [-0.15, -0.1) is 0 Å². The molecule has 0 aromatic rings. The van der Waals surface area contributed by atoms with Crippen LogP contribution in [0.2, 0.25) is 0 Å². The molecule has 1 fully saturated rings. The predicted molar refractivity (Wildman–Crippen MR) is 67.4 cm³/mol. The lowest BCUT2D eigenvalue weighted by Crippen LogP contribution is -2.10. The lowest BCUT2D eigenvalue weighted by Gasteiger charge is -2.33. The van der Waals surface area contributed by atoms with Crippen LogP contribution in [0.4, 0.5) is 0 Å². The molecule has 6 radical (unpaired) electrons. The van der Waals surface area contributed by atoms with Crippen molar-refractivity contribution in [1.82, 2.24) is 0 Å². The third-order valence-electron chi connectivity index (χ3n) is 1.96. The molecule has 6 nitrogen and oxygen atoms in total. The van der Waals surface area contributed by atoms with E-state index >= 15 is 0 Å². The summed E-state index contributed by atoms with van der Waals surface area (Å²) in [6.07, 6.45) is -0.661. The van der Waals surface area contributed by atoms with Gasteiger partial charge in [0.05, 0.1) is 18.5 Å². The van der Waals surface area contributed by atoms with Crippen molar-refractivity contribution in [1.29, 1.82) is 0 Å². The third-order valence-corrected chi connectivity index (χ3v) is 10.3. The van der Waals surface area contributed by atoms with Gasteiger partial charge in [0, 0.05) is 0 Å². The van der Waals surface area contributed by atoms with Gasteiger partial charge in [-0.3, -0.25) is 13.7 Å². The van der Waals surface area contributed by atoms with Gasteiger partial charge in [0.25, 0.3) is 0 Å². The van der Waals surface area contributed by atoms with Gasteiger partial charge in [0.15, 0.2) is 0 Å². The maximum atomic E-state index is 12.2. The Hall–Kier alpha value is 0.570. The second-order valence-electron chi connectivity index (χ2n) is 3.61. The summed E-state index contributed by atoms with van der Waals surface area (Å²) in [6, 6.07) is 0. The summed E-state index contributed by atoms with van der Waals surface area (Å²) >= 11 is 0. The molecule has 0 amide bonds. The van der Waals surface area contributed by atoms with Crippen molar-refractivity contribution in [2.45, 2.75) is 19.3 Å². The van der Waals surface area contributed by atoms with E-state index in [1.165, 1.54) is 0 Å². The van der Waals surface area contributed by atoms with E-state index in [4.69, 9.17) is 33.7 Å². The monoisotopic (exact) mass is 312 g/mol. The van der Waals surface area contributed by atoms with Crippen LogP contribution in [0.15, 0.2) is 0 Å². The SMILES string of the molecule is [CH]CCP1(=O)OP(=O)(CC[CH])OP(=O)(CC[CH])O1. The van der Waals surface area contributed by atoms with Crippen molar-refractivity contribution >= 4 is 22.8 Å². The average molecular weight is 312 g/mol. The Morgan fingerprint density at radius 1 is 0.611 bits per heavy atom. The molecule has 18 heavy (non-hydrogen) atoms. The van der Waals surface area contributed by atoms with Gasteiger partial charge < -0.3 is 0 Å². The first kappa shape index (κ1) is 16.6. The Kier molecular flexibility index (Phi) is 5.86. The molecule has 0 N–H and O–H groups in total. The smallest absolute Gasteiger partial charge is 0.259 e. The highest BCUT2D eigenvalue weighted by Crippen LogP contribution is 2.82. The van der Waals surface area contributed by atoms with Crippen molar-refractivity contribution in [2.75, 3.05) is 18.5 Å². The summed E-state index contributed by atoms with van der Waals surface area (Å²) in [5, 5.41) is 0. The molecule has 1 saturated heterocycles. The molecule has 102 valence electrons. The van der Waals surface area contributed by atoms with Crippen LogP contribution >= 0.6 is 22.8 Å². The van der Waals surface area contributed by atoms with Crippen LogP contribution in [0.3, 0.4) is 0 Å². The quantitative estimate of drug-likeness (QED) is 0.691. The second-order valence-corrected chi connectivity index (χ2v) is 10.6. The molecule has 0 aromatic heterocycles.